The minimum absolute atomic E-state index is 0.0371. The predicted molar refractivity (Wildman–Crippen MR) is 82.2 cm³/mol. The van der Waals surface area contributed by atoms with Crippen LogP contribution in [0.2, 0.25) is 0 Å². The van der Waals surface area contributed by atoms with Crippen LogP contribution in [0, 0.1) is 0 Å². The lowest BCUT2D eigenvalue weighted by molar-refractivity contribution is -0.121. The molecule has 2 rings (SSSR count). The Morgan fingerprint density at radius 2 is 1.75 bits per heavy atom. The van der Waals surface area contributed by atoms with Gasteiger partial charge >= 0.3 is 0 Å². The third-order valence-corrected chi connectivity index (χ3v) is 3.30. The molecule has 0 radical (unpaired) electrons. The van der Waals surface area contributed by atoms with Crippen LogP contribution in [0.3, 0.4) is 0 Å². The number of anilines is 1. The molecule has 0 saturated heterocycles. The number of carbonyl (C=O) groups is 1. The van der Waals surface area contributed by atoms with Crippen molar-refractivity contribution in [2.45, 2.75) is 25.8 Å². The molecule has 3 heteroatoms. The highest BCUT2D eigenvalue weighted by Crippen LogP contribution is 2.12. The maximum atomic E-state index is 11.9. The molecule has 0 aliphatic heterocycles. The van der Waals surface area contributed by atoms with Crippen molar-refractivity contribution in [3.05, 3.63) is 65.7 Å². The summed E-state index contributed by atoms with van der Waals surface area (Å²) in [5.74, 6) is 0.0678. The van der Waals surface area contributed by atoms with E-state index in [2.05, 4.69) is 5.32 Å². The zero-order chi connectivity index (χ0) is 14.4. The minimum Gasteiger partial charge on any atom is -0.399 e. The van der Waals surface area contributed by atoms with Crippen molar-refractivity contribution < 1.29 is 4.79 Å². The molecule has 1 atom stereocenters. The smallest absolute Gasteiger partial charge is 0.220 e. The fourth-order valence-electron chi connectivity index (χ4n) is 2.08. The van der Waals surface area contributed by atoms with E-state index < -0.39 is 0 Å². The van der Waals surface area contributed by atoms with E-state index in [1.54, 1.807) is 0 Å². The van der Waals surface area contributed by atoms with E-state index in [9.17, 15) is 4.79 Å². The molecule has 0 bridgehead atoms. The number of aryl methyl sites for hydroxylation is 1. The van der Waals surface area contributed by atoms with Gasteiger partial charge in [-0.3, -0.25) is 4.79 Å². The van der Waals surface area contributed by atoms with E-state index >= 15 is 0 Å². The number of amides is 1. The molecule has 1 amide bonds. The zero-order valence-corrected chi connectivity index (χ0v) is 11.7. The van der Waals surface area contributed by atoms with Gasteiger partial charge in [0.1, 0.15) is 0 Å². The maximum Gasteiger partial charge on any atom is 0.220 e. The zero-order valence-electron chi connectivity index (χ0n) is 11.7. The number of nitrogens with one attached hydrogen (secondary N) is 1. The first-order valence-electron chi connectivity index (χ1n) is 6.84. The summed E-state index contributed by atoms with van der Waals surface area (Å²) in [4.78, 5) is 11.9. The van der Waals surface area contributed by atoms with Crippen LogP contribution in [0.5, 0.6) is 0 Å². The lowest BCUT2D eigenvalue weighted by atomic mass is 10.1. The van der Waals surface area contributed by atoms with Gasteiger partial charge in [0, 0.05) is 12.1 Å². The molecule has 0 spiro atoms. The Labute approximate surface area is 119 Å². The van der Waals surface area contributed by atoms with Gasteiger partial charge in [-0.2, -0.15) is 0 Å². The van der Waals surface area contributed by atoms with Crippen LogP contribution in [0.15, 0.2) is 54.6 Å². The van der Waals surface area contributed by atoms with Gasteiger partial charge in [-0.1, -0.05) is 42.5 Å². The third kappa shape index (κ3) is 4.12. The van der Waals surface area contributed by atoms with Crippen LogP contribution < -0.4 is 11.1 Å². The SMILES string of the molecule is C[C@@H](NC(=O)CCc1ccc(N)cc1)c1ccccc1. The summed E-state index contributed by atoms with van der Waals surface area (Å²) in [6.07, 6.45) is 1.22. The first kappa shape index (κ1) is 14.1. The summed E-state index contributed by atoms with van der Waals surface area (Å²) in [5.41, 5.74) is 8.63. The molecule has 3 N–H and O–H groups in total. The topological polar surface area (TPSA) is 55.1 Å². The Morgan fingerprint density at radius 1 is 1.10 bits per heavy atom. The molecule has 3 nitrogen and oxygen atoms in total. The molecule has 2 aromatic rings. The third-order valence-electron chi connectivity index (χ3n) is 3.30. The second-order valence-electron chi connectivity index (χ2n) is 4.94. The highest BCUT2D eigenvalue weighted by Gasteiger charge is 2.08. The Morgan fingerprint density at radius 3 is 2.40 bits per heavy atom. The molecule has 2 aromatic carbocycles. The summed E-state index contributed by atoms with van der Waals surface area (Å²) in [6.45, 7) is 2.00. The second kappa shape index (κ2) is 6.75. The van der Waals surface area contributed by atoms with E-state index in [0.717, 1.165) is 23.2 Å². The quantitative estimate of drug-likeness (QED) is 0.819. The van der Waals surface area contributed by atoms with Gasteiger partial charge in [-0.05, 0) is 36.6 Å². The average Bonchev–Trinajstić information content (AvgIpc) is 2.47. The van der Waals surface area contributed by atoms with Crippen LogP contribution in [-0.2, 0) is 11.2 Å². The van der Waals surface area contributed by atoms with Gasteiger partial charge in [0.05, 0.1) is 6.04 Å². The Hall–Kier alpha value is -2.29. The first-order chi connectivity index (χ1) is 9.65. The van der Waals surface area contributed by atoms with Crippen molar-refractivity contribution in [1.82, 2.24) is 5.32 Å². The maximum absolute atomic E-state index is 11.9. The van der Waals surface area contributed by atoms with Crippen molar-refractivity contribution in [2.75, 3.05) is 5.73 Å². The van der Waals surface area contributed by atoms with Crippen molar-refractivity contribution in [3.63, 3.8) is 0 Å². The number of hydrogen-bond donors (Lipinski definition) is 2. The van der Waals surface area contributed by atoms with Gasteiger partial charge < -0.3 is 11.1 Å². The monoisotopic (exact) mass is 268 g/mol. The Bertz CT molecular complexity index is 549. The number of rotatable bonds is 5. The Kier molecular flexibility index (Phi) is 4.77. The number of nitrogen functional groups attached to an aromatic ring is 1. The van der Waals surface area contributed by atoms with Crippen LogP contribution in [0.25, 0.3) is 0 Å². The first-order valence-corrected chi connectivity index (χ1v) is 6.84. The summed E-state index contributed by atoms with van der Waals surface area (Å²) >= 11 is 0. The molecule has 104 valence electrons. The summed E-state index contributed by atoms with van der Waals surface area (Å²) in [7, 11) is 0. The molecule has 0 aliphatic carbocycles. The number of hydrogen-bond acceptors (Lipinski definition) is 2. The van der Waals surface area contributed by atoms with Gasteiger partial charge in [0.2, 0.25) is 5.91 Å². The van der Waals surface area contributed by atoms with Crippen LogP contribution in [-0.4, -0.2) is 5.91 Å². The van der Waals surface area contributed by atoms with Crippen LogP contribution >= 0.6 is 0 Å². The lowest BCUT2D eigenvalue weighted by Gasteiger charge is -2.14. The van der Waals surface area contributed by atoms with Gasteiger partial charge in [0.15, 0.2) is 0 Å². The summed E-state index contributed by atoms with van der Waals surface area (Å²) in [6, 6.07) is 17.6. The molecule has 0 fully saturated rings. The highest BCUT2D eigenvalue weighted by atomic mass is 16.1. The fraction of sp³-hybridized carbons (Fsp3) is 0.235. The molecule has 20 heavy (non-hydrogen) atoms. The van der Waals surface area contributed by atoms with Crippen molar-refractivity contribution in [3.8, 4) is 0 Å². The number of benzene rings is 2. The van der Waals surface area contributed by atoms with E-state index in [4.69, 9.17) is 5.73 Å². The molecule has 0 saturated carbocycles. The van der Waals surface area contributed by atoms with Crippen molar-refractivity contribution in [1.29, 1.82) is 0 Å². The standard InChI is InChI=1S/C17H20N2O/c1-13(15-5-3-2-4-6-15)19-17(20)12-9-14-7-10-16(18)11-8-14/h2-8,10-11,13H,9,12,18H2,1H3,(H,19,20)/t13-/m1/s1. The summed E-state index contributed by atoms with van der Waals surface area (Å²) < 4.78 is 0. The number of nitrogens with two attached hydrogens (primary N) is 1. The van der Waals surface area contributed by atoms with Crippen LogP contribution in [0.1, 0.15) is 30.5 Å². The van der Waals surface area contributed by atoms with Crippen molar-refractivity contribution in [2.24, 2.45) is 0 Å². The molecular formula is C17H20N2O. The molecule has 0 unspecified atom stereocenters. The normalized spacial score (nSPS) is 11.8. The molecular weight excluding hydrogens is 248 g/mol. The summed E-state index contributed by atoms with van der Waals surface area (Å²) in [5, 5.41) is 3.01. The minimum atomic E-state index is 0.0371. The lowest BCUT2D eigenvalue weighted by Crippen LogP contribution is -2.26. The van der Waals surface area contributed by atoms with Crippen LogP contribution in [0.4, 0.5) is 5.69 Å². The predicted octanol–water partition coefficient (Wildman–Crippen LogP) is 3.08. The van der Waals surface area contributed by atoms with Crippen molar-refractivity contribution >= 4 is 11.6 Å². The van der Waals surface area contributed by atoms with E-state index in [1.165, 1.54) is 0 Å². The van der Waals surface area contributed by atoms with Gasteiger partial charge in [-0.25, -0.2) is 0 Å². The average molecular weight is 268 g/mol. The van der Waals surface area contributed by atoms with Gasteiger partial charge in [-0.15, -0.1) is 0 Å². The Balaban J connectivity index is 1.82. The molecule has 0 aliphatic rings. The molecule has 0 aromatic heterocycles. The highest BCUT2D eigenvalue weighted by molar-refractivity contribution is 5.76. The van der Waals surface area contributed by atoms with Gasteiger partial charge in [0.25, 0.3) is 0 Å². The second-order valence-corrected chi connectivity index (χ2v) is 4.94. The molecule has 0 heterocycles. The largest absolute Gasteiger partial charge is 0.399 e. The van der Waals surface area contributed by atoms with E-state index in [0.29, 0.717) is 6.42 Å². The fourth-order valence-corrected chi connectivity index (χ4v) is 2.08. The van der Waals surface area contributed by atoms with E-state index in [-0.39, 0.29) is 11.9 Å². The number of carbonyl (C=O) groups excluding carboxylic acids is 1. The van der Waals surface area contributed by atoms with E-state index in [1.807, 2.05) is 61.5 Å².